The SMILES string of the molecule is C=N[C@]1(COP(=O)(O)OC[C@@H](CCCCCCCCCCCCCCCCCC)OCc2cc(Cl)cc(C#N)c2)O[C@@H](c2ccc3c(N)ncnn23)[C@@H]2OC(C)(C)O[C@@H]21. The summed E-state index contributed by atoms with van der Waals surface area (Å²) in [4.78, 5) is 19.3. The van der Waals surface area contributed by atoms with E-state index in [1.165, 1.54) is 89.8 Å². The molecule has 6 atom stereocenters. The fraction of sp³-hybridized carbons (Fsp3) is 0.674. The number of aromatic nitrogens is 3. The Morgan fingerprint density at radius 2 is 1.63 bits per heavy atom. The normalized spacial score (nSPS) is 22.6. The van der Waals surface area contributed by atoms with Gasteiger partial charge in [0.25, 0.3) is 0 Å². The summed E-state index contributed by atoms with van der Waals surface area (Å²) in [5, 5.41) is 14.2. The summed E-state index contributed by atoms with van der Waals surface area (Å²) < 4.78 is 51.4. The summed E-state index contributed by atoms with van der Waals surface area (Å²) in [6.07, 6.45) is 19.2. The Morgan fingerprint density at radius 1 is 0.983 bits per heavy atom. The second-order valence-electron chi connectivity index (χ2n) is 16.3. The van der Waals surface area contributed by atoms with Gasteiger partial charge in [-0.05, 0) is 62.9 Å². The molecule has 2 aliphatic heterocycles. The number of hydrogen-bond donors (Lipinski definition) is 2. The second kappa shape index (κ2) is 22.8. The molecule has 14 nitrogen and oxygen atoms in total. The lowest BCUT2D eigenvalue weighted by Gasteiger charge is -2.31. The molecule has 2 aromatic heterocycles. The molecule has 2 saturated heterocycles. The number of anilines is 1. The number of nitrogen functional groups attached to an aromatic ring is 1. The van der Waals surface area contributed by atoms with Crippen molar-refractivity contribution in [2.24, 2.45) is 4.99 Å². The molecular weight excluding hydrogens is 795 g/mol. The highest BCUT2D eigenvalue weighted by Gasteiger charge is 2.64. The van der Waals surface area contributed by atoms with Gasteiger partial charge >= 0.3 is 7.82 Å². The van der Waals surface area contributed by atoms with Crippen LogP contribution in [0, 0.1) is 11.3 Å². The average Bonchev–Trinajstić information content (AvgIpc) is 3.87. The molecule has 4 heterocycles. The van der Waals surface area contributed by atoms with E-state index in [1.807, 2.05) is 0 Å². The Hall–Kier alpha value is -2.96. The molecule has 1 aromatic carbocycles. The van der Waals surface area contributed by atoms with Crippen molar-refractivity contribution in [3.05, 3.63) is 58.5 Å². The quantitative estimate of drug-likeness (QED) is 0.0401. The highest BCUT2D eigenvalue weighted by molar-refractivity contribution is 7.47. The number of fused-ring (bicyclic) bond motifs is 2. The van der Waals surface area contributed by atoms with E-state index in [9.17, 15) is 14.7 Å². The van der Waals surface area contributed by atoms with E-state index in [2.05, 4.69) is 34.8 Å². The zero-order valence-electron chi connectivity index (χ0n) is 35.1. The summed E-state index contributed by atoms with van der Waals surface area (Å²) in [7, 11) is -4.69. The van der Waals surface area contributed by atoms with Gasteiger partial charge in [0, 0.05) is 5.02 Å². The number of nitrogens with zero attached hydrogens (tertiary/aromatic N) is 5. The predicted molar refractivity (Wildman–Crippen MR) is 228 cm³/mol. The number of halogens is 1. The maximum atomic E-state index is 13.5. The Labute approximate surface area is 354 Å². The molecule has 16 heteroatoms. The van der Waals surface area contributed by atoms with Gasteiger partial charge in [-0.1, -0.05) is 121 Å². The Morgan fingerprint density at radius 3 is 2.25 bits per heavy atom. The van der Waals surface area contributed by atoms with Crippen molar-refractivity contribution in [3.8, 4) is 6.07 Å². The number of phosphoric ester groups is 1. The maximum Gasteiger partial charge on any atom is 0.472 e. The highest BCUT2D eigenvalue weighted by Crippen LogP contribution is 2.53. The predicted octanol–water partition coefficient (Wildman–Crippen LogP) is 10.2. The van der Waals surface area contributed by atoms with Crippen LogP contribution in [0.25, 0.3) is 5.52 Å². The number of rotatable bonds is 28. The van der Waals surface area contributed by atoms with Crippen LogP contribution in [0.2, 0.25) is 5.02 Å². The number of benzene rings is 1. The number of phosphoric acid groups is 1. The van der Waals surface area contributed by atoms with Crippen LogP contribution >= 0.6 is 19.4 Å². The zero-order valence-corrected chi connectivity index (χ0v) is 36.7. The van der Waals surface area contributed by atoms with Gasteiger partial charge < -0.3 is 29.6 Å². The lowest BCUT2D eigenvalue weighted by molar-refractivity contribution is -0.214. The Bertz CT molecular complexity index is 1870. The van der Waals surface area contributed by atoms with Gasteiger partial charge in [-0.15, -0.1) is 0 Å². The first-order valence-electron chi connectivity index (χ1n) is 21.4. The molecule has 326 valence electrons. The zero-order chi connectivity index (χ0) is 42.3. The molecule has 0 amide bonds. The van der Waals surface area contributed by atoms with Gasteiger partial charge in [0.1, 0.15) is 36.8 Å². The van der Waals surface area contributed by atoms with Crippen LogP contribution in [0.5, 0.6) is 0 Å². The number of nitrogens with two attached hydrogens (primary N) is 1. The lowest BCUT2D eigenvalue weighted by Crippen LogP contribution is -2.45. The minimum atomic E-state index is -4.69. The molecule has 0 aliphatic carbocycles. The largest absolute Gasteiger partial charge is 0.472 e. The van der Waals surface area contributed by atoms with E-state index in [-0.39, 0.29) is 19.0 Å². The summed E-state index contributed by atoms with van der Waals surface area (Å²) in [6, 6.07) is 10.7. The summed E-state index contributed by atoms with van der Waals surface area (Å²) in [5.74, 6) is -0.738. The standard InChI is InChI=1S/C43H64ClN6O8P/c1-5-6-7-8-9-10-11-12-13-14-15-16-17-18-19-20-21-35(53-28-33-24-32(27-45)25-34(44)26-33)29-54-59(51,52)55-30-43(47-4)40-39(56-42(2,3)58-40)38(57-43)36-22-23-37-41(46)48-31-49-50(36)37/h22-26,31,35,38-40H,4-21,28-30H2,1-3H3,(H,51,52)(H2,46,48,49)/t35-,38+,39+,40+,43-/m1/s1. The molecule has 5 rings (SSSR count). The molecule has 3 aromatic rings. The molecule has 1 unspecified atom stereocenters. The minimum absolute atomic E-state index is 0.138. The van der Waals surface area contributed by atoms with Gasteiger partial charge in [0.2, 0.25) is 5.72 Å². The van der Waals surface area contributed by atoms with Crippen LogP contribution in [-0.4, -0.2) is 69.2 Å². The van der Waals surface area contributed by atoms with Gasteiger partial charge in [0.05, 0.1) is 36.6 Å². The van der Waals surface area contributed by atoms with E-state index >= 15 is 0 Å². The smallest absolute Gasteiger partial charge is 0.382 e. The monoisotopic (exact) mass is 858 g/mol. The first-order valence-corrected chi connectivity index (χ1v) is 23.3. The number of unbranched alkanes of at least 4 members (excludes halogenated alkanes) is 15. The van der Waals surface area contributed by atoms with Crippen molar-refractivity contribution in [2.75, 3.05) is 18.9 Å². The van der Waals surface area contributed by atoms with Crippen LogP contribution in [0.15, 0.2) is 41.7 Å². The third kappa shape index (κ3) is 13.8. The fourth-order valence-corrected chi connectivity index (χ4v) is 8.99. The topological polar surface area (TPSA) is 185 Å². The molecule has 0 spiro atoms. The Kier molecular flexibility index (Phi) is 18.2. The number of hydrogen-bond acceptors (Lipinski definition) is 12. The molecule has 59 heavy (non-hydrogen) atoms. The number of ether oxygens (including phenoxy) is 4. The lowest BCUT2D eigenvalue weighted by atomic mass is 10.0. The molecule has 0 saturated carbocycles. The minimum Gasteiger partial charge on any atom is -0.382 e. The van der Waals surface area contributed by atoms with E-state index in [4.69, 9.17) is 45.3 Å². The highest BCUT2D eigenvalue weighted by atomic mass is 35.5. The van der Waals surface area contributed by atoms with E-state index < -0.39 is 50.4 Å². The average molecular weight is 859 g/mol. The molecule has 3 N–H and O–H groups in total. The molecule has 0 radical (unpaired) electrons. The van der Waals surface area contributed by atoms with E-state index in [1.54, 1.807) is 48.7 Å². The maximum absolute atomic E-state index is 13.5. The molecular formula is C43H64ClN6O8P. The third-order valence-corrected chi connectivity index (χ3v) is 12.2. The van der Waals surface area contributed by atoms with Gasteiger partial charge in [-0.3, -0.25) is 14.0 Å². The van der Waals surface area contributed by atoms with Gasteiger partial charge in [0.15, 0.2) is 11.6 Å². The molecule has 2 fully saturated rings. The second-order valence-corrected chi connectivity index (χ2v) is 18.2. The van der Waals surface area contributed by atoms with E-state index in [0.29, 0.717) is 33.8 Å². The van der Waals surface area contributed by atoms with Crippen molar-refractivity contribution in [1.82, 2.24) is 14.6 Å². The van der Waals surface area contributed by atoms with Gasteiger partial charge in [-0.2, -0.15) is 10.4 Å². The summed E-state index contributed by atoms with van der Waals surface area (Å²) >= 11 is 6.24. The molecule has 2 aliphatic rings. The summed E-state index contributed by atoms with van der Waals surface area (Å²) in [6.45, 7) is 8.93. The van der Waals surface area contributed by atoms with Crippen molar-refractivity contribution in [3.63, 3.8) is 0 Å². The van der Waals surface area contributed by atoms with Crippen LogP contribution in [-0.2, 0) is 39.2 Å². The van der Waals surface area contributed by atoms with Crippen molar-refractivity contribution in [2.45, 2.75) is 172 Å². The first kappa shape index (κ1) is 47.1. The third-order valence-electron chi connectivity index (χ3n) is 11.1. The van der Waals surface area contributed by atoms with Crippen LogP contribution in [0.1, 0.15) is 153 Å². The van der Waals surface area contributed by atoms with Crippen molar-refractivity contribution in [1.29, 1.82) is 5.26 Å². The number of nitriles is 1. The fourth-order valence-electron chi connectivity index (χ4n) is 7.96. The van der Waals surface area contributed by atoms with Crippen molar-refractivity contribution < 1.29 is 37.5 Å². The first-order chi connectivity index (χ1) is 28.4. The van der Waals surface area contributed by atoms with Crippen LogP contribution in [0.3, 0.4) is 0 Å². The van der Waals surface area contributed by atoms with Crippen LogP contribution in [0.4, 0.5) is 5.82 Å². The Balaban J connectivity index is 1.12. The van der Waals surface area contributed by atoms with Crippen LogP contribution < -0.4 is 5.73 Å². The summed E-state index contributed by atoms with van der Waals surface area (Å²) in [5.41, 5.74) is 6.74. The molecule has 0 bridgehead atoms. The van der Waals surface area contributed by atoms with Gasteiger partial charge in [-0.25, -0.2) is 14.1 Å². The van der Waals surface area contributed by atoms with E-state index in [0.717, 1.165) is 19.3 Å². The van der Waals surface area contributed by atoms with Crippen molar-refractivity contribution >= 4 is 37.5 Å². The number of aliphatic imine (C=N–C) groups is 1.